The summed E-state index contributed by atoms with van der Waals surface area (Å²) in [5.74, 6) is -0.784. The number of carbonyl (C=O) groups is 2. The van der Waals surface area contributed by atoms with Crippen LogP contribution in [0.3, 0.4) is 0 Å². The highest BCUT2D eigenvalue weighted by molar-refractivity contribution is 6.17. The number of hydrogen-bond acceptors (Lipinski definition) is 14. The number of unbranched alkanes of at least 4 members (excludes halogenated alkanes) is 3. The van der Waals surface area contributed by atoms with Crippen molar-refractivity contribution in [2.75, 3.05) is 171 Å². The van der Waals surface area contributed by atoms with E-state index in [9.17, 15) is 9.59 Å². The van der Waals surface area contributed by atoms with Crippen LogP contribution in [0.1, 0.15) is 25.7 Å². The van der Waals surface area contributed by atoms with E-state index in [1.807, 2.05) is 0 Å². The number of alkyl halides is 1. The Kier molecular flexibility index (Phi) is 41.8. The van der Waals surface area contributed by atoms with E-state index in [0.29, 0.717) is 145 Å². The molecular weight excluding hydrogens is 674 g/mol. The third-order valence-electron chi connectivity index (χ3n) is 5.92. The molecule has 1 amide bonds. The van der Waals surface area contributed by atoms with Crippen molar-refractivity contribution in [3.05, 3.63) is 0 Å². The topological polar surface area (TPSA) is 177 Å². The van der Waals surface area contributed by atoms with Crippen LogP contribution in [-0.4, -0.2) is 188 Å². The van der Waals surface area contributed by atoms with Gasteiger partial charge in [-0.1, -0.05) is 12.8 Å². The smallest absolute Gasteiger partial charge is 0.329 e. The predicted octanol–water partition coefficient (Wildman–Crippen LogP) is 1.19. The second-order valence-corrected chi connectivity index (χ2v) is 10.5. The average Bonchev–Trinajstić information content (AvgIpc) is 3.09. The van der Waals surface area contributed by atoms with Crippen molar-refractivity contribution in [1.82, 2.24) is 5.32 Å². The fourth-order valence-corrected chi connectivity index (χ4v) is 3.69. The number of carboxylic acids is 1. The minimum atomic E-state index is -1.12. The summed E-state index contributed by atoms with van der Waals surface area (Å²) in [5, 5.41) is 11.0. The third-order valence-corrected chi connectivity index (χ3v) is 6.19. The molecule has 0 bridgehead atoms. The maximum Gasteiger partial charge on any atom is 0.329 e. The fraction of sp³-hybridized carbons (Fsp3) is 0.938. The number of halogens is 1. The van der Waals surface area contributed by atoms with E-state index < -0.39 is 18.5 Å². The Morgan fingerprint density at radius 2 is 0.694 bits per heavy atom. The molecule has 49 heavy (non-hydrogen) atoms. The van der Waals surface area contributed by atoms with Gasteiger partial charge in [0.05, 0.1) is 139 Å². The third kappa shape index (κ3) is 44.7. The first-order valence-electron chi connectivity index (χ1n) is 17.1. The van der Waals surface area contributed by atoms with E-state index in [-0.39, 0.29) is 6.61 Å². The maximum atomic E-state index is 11.4. The molecule has 2 N–H and O–H groups in total. The lowest BCUT2D eigenvalue weighted by Crippen LogP contribution is -2.31. The molecule has 0 spiro atoms. The molecule has 0 aliphatic carbocycles. The molecule has 0 aromatic carbocycles. The summed E-state index contributed by atoms with van der Waals surface area (Å²) in [6.07, 6.45) is 4.47. The Balaban J connectivity index is 3.08. The first kappa shape index (κ1) is 47.8. The molecule has 0 saturated heterocycles. The van der Waals surface area contributed by atoms with Crippen molar-refractivity contribution in [2.24, 2.45) is 0 Å². The number of nitrogens with one attached hydrogen (secondary N) is 1. The van der Waals surface area contributed by atoms with E-state index in [4.69, 9.17) is 68.8 Å². The van der Waals surface area contributed by atoms with Crippen LogP contribution in [0.25, 0.3) is 0 Å². The summed E-state index contributed by atoms with van der Waals surface area (Å²) in [7, 11) is 0. The zero-order valence-corrected chi connectivity index (χ0v) is 30.0. The van der Waals surface area contributed by atoms with Gasteiger partial charge in [0.15, 0.2) is 0 Å². The number of hydrogen-bond donors (Lipinski definition) is 2. The van der Waals surface area contributed by atoms with Crippen molar-refractivity contribution in [3.63, 3.8) is 0 Å². The van der Waals surface area contributed by atoms with Crippen LogP contribution in [-0.2, 0) is 66.4 Å². The van der Waals surface area contributed by atoms with E-state index in [1.165, 1.54) is 0 Å². The van der Waals surface area contributed by atoms with Crippen LogP contribution < -0.4 is 5.32 Å². The quantitative estimate of drug-likeness (QED) is 0.0674. The number of amides is 1. The monoisotopic (exact) mass is 735 g/mol. The van der Waals surface area contributed by atoms with Gasteiger partial charge in [0.2, 0.25) is 5.91 Å². The number of ether oxygens (including phenoxy) is 12. The van der Waals surface area contributed by atoms with Gasteiger partial charge in [-0.15, -0.1) is 11.6 Å². The molecule has 0 unspecified atom stereocenters. The van der Waals surface area contributed by atoms with Crippen molar-refractivity contribution in [1.29, 1.82) is 0 Å². The predicted molar refractivity (Wildman–Crippen MR) is 180 cm³/mol. The zero-order chi connectivity index (χ0) is 35.6. The summed E-state index contributed by atoms with van der Waals surface area (Å²) in [4.78, 5) is 21.6. The van der Waals surface area contributed by atoms with Gasteiger partial charge in [-0.2, -0.15) is 0 Å². The zero-order valence-electron chi connectivity index (χ0n) is 29.3. The van der Waals surface area contributed by atoms with Crippen molar-refractivity contribution in [2.45, 2.75) is 25.7 Å². The largest absolute Gasteiger partial charge is 0.480 e. The second kappa shape index (κ2) is 42.9. The van der Waals surface area contributed by atoms with Crippen molar-refractivity contribution in [3.8, 4) is 0 Å². The summed E-state index contributed by atoms with van der Waals surface area (Å²) >= 11 is 5.65. The Morgan fingerprint density at radius 3 is 1.02 bits per heavy atom. The van der Waals surface area contributed by atoms with Crippen LogP contribution in [0.15, 0.2) is 0 Å². The number of carboxylic acid groups (broad SMARTS) is 1. The molecule has 0 atom stereocenters. The standard InChI is InChI=1S/C32H62ClNO15/c33-5-3-1-2-4-7-38-9-11-40-13-15-42-17-19-44-21-23-46-25-27-48-28-26-47-24-22-45-20-18-43-16-14-41-12-10-39-8-6-34-31(35)29-49-30-32(36)37/h1-30H2,(H,34,35)(H,36,37). The normalized spacial score (nSPS) is 11.4. The van der Waals surface area contributed by atoms with Gasteiger partial charge in [-0.05, 0) is 12.8 Å². The Hall–Kier alpha value is -1.25. The number of carbonyl (C=O) groups excluding carboxylic acids is 1. The lowest BCUT2D eigenvalue weighted by Gasteiger charge is -2.09. The van der Waals surface area contributed by atoms with E-state index in [1.54, 1.807) is 0 Å². The number of aliphatic carboxylic acids is 1. The molecule has 0 fully saturated rings. The van der Waals surface area contributed by atoms with Crippen molar-refractivity contribution >= 4 is 23.5 Å². The Labute approximate surface area is 296 Å². The highest BCUT2D eigenvalue weighted by Crippen LogP contribution is 2.01. The van der Waals surface area contributed by atoms with E-state index in [2.05, 4.69) is 10.1 Å². The van der Waals surface area contributed by atoms with Gasteiger partial charge in [0, 0.05) is 19.0 Å². The summed E-state index contributed by atoms with van der Waals surface area (Å²) in [6.45, 7) is 10.4. The van der Waals surface area contributed by atoms with Gasteiger partial charge < -0.3 is 67.3 Å². The minimum Gasteiger partial charge on any atom is -0.480 e. The molecule has 0 aromatic rings. The number of rotatable bonds is 43. The molecule has 16 nitrogen and oxygen atoms in total. The first-order valence-corrected chi connectivity index (χ1v) is 17.7. The fourth-order valence-electron chi connectivity index (χ4n) is 3.50. The first-order chi connectivity index (χ1) is 24.2. The molecule has 0 aromatic heterocycles. The van der Waals surface area contributed by atoms with Gasteiger partial charge in [-0.25, -0.2) is 4.79 Å². The SMILES string of the molecule is O=C(O)COCC(=O)NCCOCCOCCOCCOCCOCCOCCOCCOCCOCCOCCOCCCCCCCl. The van der Waals surface area contributed by atoms with Crippen molar-refractivity contribution < 1.29 is 71.5 Å². The van der Waals surface area contributed by atoms with Gasteiger partial charge in [0.25, 0.3) is 0 Å². The molecule has 0 rings (SSSR count). The molecule has 0 aliphatic heterocycles. The summed E-state index contributed by atoms with van der Waals surface area (Å²) in [6, 6.07) is 0. The molecule has 0 radical (unpaired) electrons. The highest BCUT2D eigenvalue weighted by atomic mass is 35.5. The molecule has 17 heteroatoms. The summed E-state index contributed by atoms with van der Waals surface area (Å²) < 4.78 is 64.6. The van der Waals surface area contributed by atoms with E-state index in [0.717, 1.165) is 38.2 Å². The lowest BCUT2D eigenvalue weighted by molar-refractivity contribution is -0.143. The second-order valence-electron chi connectivity index (χ2n) is 10.1. The molecule has 0 saturated carbocycles. The molecule has 0 heterocycles. The summed E-state index contributed by atoms with van der Waals surface area (Å²) in [5.41, 5.74) is 0. The van der Waals surface area contributed by atoms with Crippen LogP contribution in [0.4, 0.5) is 0 Å². The average molecular weight is 736 g/mol. The van der Waals surface area contributed by atoms with Gasteiger partial charge in [0.1, 0.15) is 13.2 Å². The van der Waals surface area contributed by atoms with Crippen LogP contribution >= 0.6 is 11.6 Å². The molecule has 0 aliphatic rings. The minimum absolute atomic E-state index is 0.300. The highest BCUT2D eigenvalue weighted by Gasteiger charge is 2.03. The van der Waals surface area contributed by atoms with Crippen LogP contribution in [0.2, 0.25) is 0 Å². The molecule has 292 valence electrons. The van der Waals surface area contributed by atoms with E-state index >= 15 is 0 Å². The van der Waals surface area contributed by atoms with Gasteiger partial charge >= 0.3 is 5.97 Å². The lowest BCUT2D eigenvalue weighted by atomic mass is 10.2. The van der Waals surface area contributed by atoms with Gasteiger partial charge in [-0.3, -0.25) is 4.79 Å². The Morgan fingerprint density at radius 1 is 0.388 bits per heavy atom. The maximum absolute atomic E-state index is 11.4. The molecular formula is C32H62ClNO15. The van der Waals surface area contributed by atoms with Crippen LogP contribution in [0.5, 0.6) is 0 Å². The Bertz CT molecular complexity index is 684. The van der Waals surface area contributed by atoms with Crippen LogP contribution in [0, 0.1) is 0 Å².